The molecule has 170 valence electrons. The van der Waals surface area contributed by atoms with Gasteiger partial charge < -0.3 is 10.0 Å². The fourth-order valence-corrected chi connectivity index (χ4v) is 4.58. The van der Waals surface area contributed by atoms with Crippen LogP contribution in [0.4, 0.5) is 17.1 Å². The number of aryl methyl sites for hydroxylation is 3. The van der Waals surface area contributed by atoms with Crippen LogP contribution in [0.25, 0.3) is 6.08 Å². The van der Waals surface area contributed by atoms with Crippen LogP contribution in [0.5, 0.6) is 0 Å². The lowest BCUT2D eigenvalue weighted by Gasteiger charge is -2.33. The van der Waals surface area contributed by atoms with E-state index in [-0.39, 0.29) is 11.3 Å². The highest BCUT2D eigenvalue weighted by molar-refractivity contribution is 6.53. The molecule has 0 unspecified atom stereocenters. The number of hydrogen-bond acceptors (Lipinski definition) is 4. The highest BCUT2D eigenvalue weighted by atomic mass is 16.4. The molecule has 0 saturated carbocycles. The summed E-state index contributed by atoms with van der Waals surface area (Å²) in [6.45, 7) is 5.17. The number of carbonyl (C=O) groups excluding carboxylic acids is 1. The number of nitrogens with zero attached hydrogens (tertiary/aromatic N) is 3. The molecular weight excluding hydrogens is 426 g/mol. The van der Waals surface area contributed by atoms with E-state index in [0.29, 0.717) is 5.69 Å². The van der Waals surface area contributed by atoms with Crippen LogP contribution in [0.15, 0.2) is 77.4 Å². The number of benzene rings is 3. The van der Waals surface area contributed by atoms with Crippen LogP contribution < -0.4 is 9.91 Å². The third-order valence-corrected chi connectivity index (χ3v) is 6.27. The Morgan fingerprint density at radius 1 is 1.00 bits per heavy atom. The van der Waals surface area contributed by atoms with Gasteiger partial charge in [0.15, 0.2) is 5.71 Å². The summed E-state index contributed by atoms with van der Waals surface area (Å²) in [5.74, 6) is -1.67. The van der Waals surface area contributed by atoms with Gasteiger partial charge in [0.05, 0.1) is 11.3 Å². The monoisotopic (exact) mass is 451 g/mol. The molecular formula is C28H25N3O3. The maximum atomic E-state index is 13.1. The van der Waals surface area contributed by atoms with Gasteiger partial charge in [-0.1, -0.05) is 36.4 Å². The number of carboxylic acid groups (broad SMARTS) is 1. The molecule has 2 heterocycles. The normalized spacial score (nSPS) is 16.6. The van der Waals surface area contributed by atoms with Crippen molar-refractivity contribution in [1.29, 1.82) is 0 Å². The topological polar surface area (TPSA) is 73.2 Å². The standard InChI is InChI=1S/C28H25N3O3/c1-18-10-11-19(2)25(15-18)30-14-6-7-21-16-20(12-13-24(21)30)17-23-26(28(33)34)29-31(27(23)32)22-8-4-3-5-9-22/h3-5,8-13,15-17H,6-7,14H2,1-2H3,(H,33,34)/b23-17-. The summed E-state index contributed by atoms with van der Waals surface area (Å²) in [6, 6.07) is 21.4. The molecule has 1 amide bonds. The number of rotatable bonds is 4. The van der Waals surface area contributed by atoms with Crippen LogP contribution in [-0.4, -0.2) is 29.2 Å². The molecule has 2 aliphatic heterocycles. The van der Waals surface area contributed by atoms with E-state index in [9.17, 15) is 14.7 Å². The molecule has 0 aromatic heterocycles. The number of fused-ring (bicyclic) bond motifs is 1. The number of hydrogen-bond donors (Lipinski definition) is 1. The van der Waals surface area contributed by atoms with Gasteiger partial charge in [0, 0.05) is 17.9 Å². The molecule has 2 aliphatic rings. The first-order chi connectivity index (χ1) is 16.4. The van der Waals surface area contributed by atoms with Crippen LogP contribution >= 0.6 is 0 Å². The highest BCUT2D eigenvalue weighted by Gasteiger charge is 2.35. The number of carboxylic acids is 1. The molecule has 0 bridgehead atoms. The number of aliphatic carboxylic acids is 1. The Hall–Kier alpha value is -4.19. The van der Waals surface area contributed by atoms with Crippen molar-refractivity contribution in [1.82, 2.24) is 0 Å². The largest absolute Gasteiger partial charge is 0.476 e. The van der Waals surface area contributed by atoms with Crippen molar-refractivity contribution in [3.05, 3.63) is 94.6 Å². The van der Waals surface area contributed by atoms with Crippen molar-refractivity contribution in [2.75, 3.05) is 16.5 Å². The molecule has 0 saturated heterocycles. The van der Waals surface area contributed by atoms with E-state index >= 15 is 0 Å². The van der Waals surface area contributed by atoms with Gasteiger partial charge in [-0.2, -0.15) is 10.1 Å². The van der Waals surface area contributed by atoms with Gasteiger partial charge in [-0.05, 0) is 85.4 Å². The fourth-order valence-electron chi connectivity index (χ4n) is 4.58. The highest BCUT2D eigenvalue weighted by Crippen LogP contribution is 2.36. The summed E-state index contributed by atoms with van der Waals surface area (Å²) in [7, 11) is 0. The van der Waals surface area contributed by atoms with Crippen LogP contribution in [0, 0.1) is 13.8 Å². The number of amides is 1. The van der Waals surface area contributed by atoms with Crippen molar-refractivity contribution in [3.8, 4) is 0 Å². The molecule has 0 fully saturated rings. The second-order valence-electron chi connectivity index (χ2n) is 8.70. The van der Waals surface area contributed by atoms with E-state index in [1.165, 1.54) is 22.4 Å². The van der Waals surface area contributed by atoms with Crippen LogP contribution in [0.2, 0.25) is 0 Å². The minimum absolute atomic E-state index is 0.0819. The minimum Gasteiger partial charge on any atom is -0.476 e. The Balaban J connectivity index is 1.51. The second kappa shape index (κ2) is 8.63. The number of para-hydroxylation sites is 1. The first-order valence-corrected chi connectivity index (χ1v) is 11.3. The summed E-state index contributed by atoms with van der Waals surface area (Å²) in [5, 5.41) is 14.9. The van der Waals surface area contributed by atoms with Gasteiger partial charge in [-0.3, -0.25) is 4.79 Å². The van der Waals surface area contributed by atoms with Gasteiger partial charge in [0.2, 0.25) is 0 Å². The smallest absolute Gasteiger partial charge is 0.357 e. The van der Waals surface area contributed by atoms with Gasteiger partial charge in [0.1, 0.15) is 0 Å². The molecule has 3 aromatic rings. The fraction of sp³-hybridized carbons (Fsp3) is 0.179. The number of carbonyl (C=O) groups is 2. The molecule has 6 heteroatoms. The summed E-state index contributed by atoms with van der Waals surface area (Å²) in [4.78, 5) is 27.3. The van der Waals surface area contributed by atoms with Crippen molar-refractivity contribution >= 4 is 40.7 Å². The average molecular weight is 452 g/mol. The summed E-state index contributed by atoms with van der Waals surface area (Å²) in [5.41, 5.74) is 7.14. The van der Waals surface area contributed by atoms with Crippen molar-refractivity contribution in [2.24, 2.45) is 5.10 Å². The maximum Gasteiger partial charge on any atom is 0.357 e. The lowest BCUT2D eigenvalue weighted by molar-refractivity contribution is -0.129. The SMILES string of the molecule is Cc1ccc(C)c(N2CCCc3cc(/C=C4\C(=O)N(c5ccccc5)N=C4C(=O)O)ccc32)c1. The Kier molecular flexibility index (Phi) is 5.49. The van der Waals surface area contributed by atoms with E-state index in [1.807, 2.05) is 12.1 Å². The third-order valence-electron chi connectivity index (χ3n) is 6.27. The number of hydrazone groups is 1. The Morgan fingerprint density at radius 2 is 1.79 bits per heavy atom. The molecule has 0 atom stereocenters. The van der Waals surface area contributed by atoms with E-state index in [2.05, 4.69) is 54.2 Å². The van der Waals surface area contributed by atoms with Crippen molar-refractivity contribution < 1.29 is 14.7 Å². The lowest BCUT2D eigenvalue weighted by atomic mass is 9.96. The van der Waals surface area contributed by atoms with Gasteiger partial charge in [0.25, 0.3) is 5.91 Å². The van der Waals surface area contributed by atoms with E-state index < -0.39 is 11.9 Å². The molecule has 0 aliphatic carbocycles. The zero-order valence-electron chi connectivity index (χ0n) is 19.2. The molecule has 34 heavy (non-hydrogen) atoms. The van der Waals surface area contributed by atoms with Crippen LogP contribution in [0.3, 0.4) is 0 Å². The Morgan fingerprint density at radius 3 is 2.56 bits per heavy atom. The predicted molar refractivity (Wildman–Crippen MR) is 135 cm³/mol. The van der Waals surface area contributed by atoms with Crippen molar-refractivity contribution in [2.45, 2.75) is 26.7 Å². The zero-order valence-corrected chi connectivity index (χ0v) is 19.2. The lowest BCUT2D eigenvalue weighted by Crippen LogP contribution is -2.25. The average Bonchev–Trinajstić information content (AvgIpc) is 3.17. The summed E-state index contributed by atoms with van der Waals surface area (Å²) in [6.07, 6.45) is 3.58. The maximum absolute atomic E-state index is 13.1. The quantitative estimate of drug-likeness (QED) is 0.549. The van der Waals surface area contributed by atoms with E-state index in [0.717, 1.165) is 35.6 Å². The number of anilines is 3. The van der Waals surface area contributed by atoms with E-state index in [4.69, 9.17) is 0 Å². The molecule has 6 nitrogen and oxygen atoms in total. The Bertz CT molecular complexity index is 1360. The molecule has 0 spiro atoms. The first-order valence-electron chi connectivity index (χ1n) is 11.3. The van der Waals surface area contributed by atoms with Crippen LogP contribution in [0.1, 0.15) is 28.7 Å². The van der Waals surface area contributed by atoms with Crippen molar-refractivity contribution in [3.63, 3.8) is 0 Å². The molecule has 0 radical (unpaired) electrons. The van der Waals surface area contributed by atoms with Gasteiger partial charge >= 0.3 is 5.97 Å². The molecule has 1 N–H and O–H groups in total. The zero-order chi connectivity index (χ0) is 23.8. The minimum atomic E-state index is -1.22. The van der Waals surface area contributed by atoms with Gasteiger partial charge in [-0.25, -0.2) is 4.79 Å². The third kappa shape index (κ3) is 3.88. The Labute approximate surface area is 198 Å². The molecule has 5 rings (SSSR count). The summed E-state index contributed by atoms with van der Waals surface area (Å²) >= 11 is 0. The van der Waals surface area contributed by atoms with E-state index in [1.54, 1.807) is 30.3 Å². The molecule has 3 aromatic carbocycles. The predicted octanol–water partition coefficient (Wildman–Crippen LogP) is 5.26. The first kappa shape index (κ1) is 21.6. The van der Waals surface area contributed by atoms with Crippen LogP contribution in [-0.2, 0) is 16.0 Å². The summed E-state index contributed by atoms with van der Waals surface area (Å²) < 4.78 is 0. The van der Waals surface area contributed by atoms with Gasteiger partial charge in [-0.15, -0.1) is 0 Å². The second-order valence-corrected chi connectivity index (χ2v) is 8.70.